The van der Waals surface area contributed by atoms with Gasteiger partial charge in [-0.3, -0.25) is 0 Å². The van der Waals surface area contributed by atoms with Crippen molar-refractivity contribution in [1.82, 2.24) is 4.90 Å². The second-order valence-electron chi connectivity index (χ2n) is 6.45. The summed E-state index contributed by atoms with van der Waals surface area (Å²) in [5.41, 5.74) is 8.35. The number of benzene rings is 1. The number of hydrogen-bond acceptors (Lipinski definition) is 4. The largest absolute Gasteiger partial charge is 0.398 e. The normalized spacial score (nSPS) is 19.7. The summed E-state index contributed by atoms with van der Waals surface area (Å²) in [5.74, 6) is 0.769. The molecule has 1 aliphatic rings. The van der Waals surface area contributed by atoms with E-state index in [9.17, 15) is 0 Å². The van der Waals surface area contributed by atoms with Crippen LogP contribution < -0.4 is 11.1 Å². The number of hydrogen-bond donors (Lipinski definition) is 3. The van der Waals surface area contributed by atoms with Crippen LogP contribution in [0.3, 0.4) is 0 Å². The second-order valence-corrected chi connectivity index (χ2v) is 6.45. The van der Waals surface area contributed by atoms with E-state index < -0.39 is 0 Å². The predicted molar refractivity (Wildman–Crippen MR) is 91.3 cm³/mol. The fourth-order valence-electron chi connectivity index (χ4n) is 2.84. The lowest BCUT2D eigenvalue weighted by molar-refractivity contribution is 0.206. The SMILES string of the molecule is CC(C)CCN1CCCC(Nc2ccc(N)c(C=N)c2)C1. The Morgan fingerprint density at radius 1 is 1.48 bits per heavy atom. The number of likely N-dealkylation sites (tertiary alicyclic amines) is 1. The van der Waals surface area contributed by atoms with Crippen LogP contribution in [-0.4, -0.2) is 36.8 Å². The van der Waals surface area contributed by atoms with Gasteiger partial charge in [0, 0.05) is 35.7 Å². The second kappa shape index (κ2) is 7.46. The first-order chi connectivity index (χ1) is 10.1. The number of nitrogen functional groups attached to an aromatic ring is 1. The fraction of sp³-hybridized carbons (Fsp3) is 0.588. The van der Waals surface area contributed by atoms with E-state index in [0.717, 1.165) is 23.7 Å². The van der Waals surface area contributed by atoms with Gasteiger partial charge in [0.1, 0.15) is 0 Å². The molecule has 1 heterocycles. The molecule has 0 amide bonds. The van der Waals surface area contributed by atoms with Crippen molar-refractivity contribution in [2.45, 2.75) is 39.2 Å². The monoisotopic (exact) mass is 288 g/mol. The van der Waals surface area contributed by atoms with E-state index >= 15 is 0 Å². The zero-order valence-electron chi connectivity index (χ0n) is 13.2. The van der Waals surface area contributed by atoms with Crippen molar-refractivity contribution in [3.8, 4) is 0 Å². The number of piperidine rings is 1. The summed E-state index contributed by atoms with van der Waals surface area (Å²) in [5, 5.41) is 11.0. The quantitative estimate of drug-likeness (QED) is 0.556. The molecule has 0 spiro atoms. The molecule has 1 aromatic carbocycles. The van der Waals surface area contributed by atoms with Gasteiger partial charge in [0.2, 0.25) is 0 Å². The molecule has 1 unspecified atom stereocenters. The zero-order chi connectivity index (χ0) is 15.2. The summed E-state index contributed by atoms with van der Waals surface area (Å²) in [4.78, 5) is 2.57. The average Bonchev–Trinajstić information content (AvgIpc) is 2.47. The first-order valence-electron chi connectivity index (χ1n) is 7.97. The van der Waals surface area contributed by atoms with Gasteiger partial charge in [-0.15, -0.1) is 0 Å². The number of rotatable bonds is 6. The highest BCUT2D eigenvalue weighted by atomic mass is 15.2. The predicted octanol–water partition coefficient (Wildman–Crippen LogP) is 3.19. The lowest BCUT2D eigenvalue weighted by Gasteiger charge is -2.34. The summed E-state index contributed by atoms with van der Waals surface area (Å²) in [6.45, 7) is 8.10. The number of nitrogens with two attached hydrogens (primary N) is 1. The molecule has 4 nitrogen and oxygen atoms in total. The highest BCUT2D eigenvalue weighted by Gasteiger charge is 2.19. The van der Waals surface area contributed by atoms with Crippen LogP contribution in [0.25, 0.3) is 0 Å². The van der Waals surface area contributed by atoms with Gasteiger partial charge >= 0.3 is 0 Å². The molecular formula is C17H28N4. The highest BCUT2D eigenvalue weighted by molar-refractivity contribution is 5.86. The van der Waals surface area contributed by atoms with Crippen molar-refractivity contribution in [2.75, 3.05) is 30.7 Å². The van der Waals surface area contributed by atoms with Gasteiger partial charge in [-0.2, -0.15) is 0 Å². The Labute approximate surface area is 128 Å². The Morgan fingerprint density at radius 3 is 3.00 bits per heavy atom. The summed E-state index contributed by atoms with van der Waals surface area (Å²) < 4.78 is 0. The van der Waals surface area contributed by atoms with Crippen LogP contribution in [0.15, 0.2) is 18.2 Å². The minimum atomic E-state index is 0.494. The molecule has 1 aromatic rings. The maximum Gasteiger partial charge on any atom is 0.0404 e. The molecule has 0 saturated carbocycles. The van der Waals surface area contributed by atoms with E-state index in [1.807, 2.05) is 18.2 Å². The van der Waals surface area contributed by atoms with Crippen LogP contribution in [0.1, 0.15) is 38.7 Å². The van der Waals surface area contributed by atoms with Crippen molar-refractivity contribution >= 4 is 17.6 Å². The standard InChI is InChI=1S/C17H28N4/c1-13(2)7-9-21-8-3-4-16(12-21)20-15-5-6-17(19)14(10-15)11-18/h5-6,10-11,13,16,18,20H,3-4,7-9,12,19H2,1-2H3. The van der Waals surface area contributed by atoms with Gasteiger partial charge < -0.3 is 21.4 Å². The van der Waals surface area contributed by atoms with E-state index in [4.69, 9.17) is 11.1 Å². The van der Waals surface area contributed by atoms with Crippen LogP contribution in [0, 0.1) is 11.3 Å². The van der Waals surface area contributed by atoms with E-state index in [0.29, 0.717) is 11.7 Å². The topological polar surface area (TPSA) is 65.1 Å². The Balaban J connectivity index is 1.91. The van der Waals surface area contributed by atoms with Crippen LogP contribution in [-0.2, 0) is 0 Å². The Hall–Kier alpha value is -1.55. The fourth-order valence-corrected chi connectivity index (χ4v) is 2.84. The van der Waals surface area contributed by atoms with Gasteiger partial charge in [-0.05, 0) is 56.5 Å². The van der Waals surface area contributed by atoms with E-state index in [1.165, 1.54) is 38.6 Å². The average molecular weight is 288 g/mol. The Bertz CT molecular complexity index is 470. The minimum Gasteiger partial charge on any atom is -0.398 e. The lowest BCUT2D eigenvalue weighted by atomic mass is 10.0. The van der Waals surface area contributed by atoms with Crippen LogP contribution in [0.5, 0.6) is 0 Å². The molecule has 1 atom stereocenters. The number of nitrogens with zero attached hydrogens (tertiary/aromatic N) is 1. The van der Waals surface area contributed by atoms with Crippen LogP contribution in [0.2, 0.25) is 0 Å². The third-order valence-corrected chi connectivity index (χ3v) is 4.14. The molecular weight excluding hydrogens is 260 g/mol. The lowest BCUT2D eigenvalue weighted by Crippen LogP contribution is -2.42. The van der Waals surface area contributed by atoms with E-state index in [2.05, 4.69) is 24.1 Å². The molecule has 1 saturated heterocycles. The van der Waals surface area contributed by atoms with Crippen molar-refractivity contribution < 1.29 is 0 Å². The molecule has 1 aliphatic heterocycles. The number of anilines is 2. The molecule has 0 radical (unpaired) electrons. The smallest absolute Gasteiger partial charge is 0.0404 e. The van der Waals surface area contributed by atoms with Gasteiger partial charge in [-0.1, -0.05) is 13.8 Å². The molecule has 1 fully saturated rings. The zero-order valence-corrected chi connectivity index (χ0v) is 13.2. The maximum atomic E-state index is 7.39. The molecule has 4 heteroatoms. The van der Waals surface area contributed by atoms with Gasteiger partial charge in [0.05, 0.1) is 0 Å². The van der Waals surface area contributed by atoms with Crippen LogP contribution in [0.4, 0.5) is 11.4 Å². The molecule has 0 aromatic heterocycles. The molecule has 21 heavy (non-hydrogen) atoms. The van der Waals surface area contributed by atoms with Crippen LogP contribution >= 0.6 is 0 Å². The minimum absolute atomic E-state index is 0.494. The highest BCUT2D eigenvalue weighted by Crippen LogP contribution is 2.20. The van der Waals surface area contributed by atoms with Crippen molar-refractivity contribution in [3.63, 3.8) is 0 Å². The summed E-state index contributed by atoms with van der Waals surface area (Å²) in [6, 6.07) is 6.35. The summed E-state index contributed by atoms with van der Waals surface area (Å²) >= 11 is 0. The molecule has 2 rings (SSSR count). The molecule has 4 N–H and O–H groups in total. The van der Waals surface area contributed by atoms with Crippen molar-refractivity contribution in [1.29, 1.82) is 5.41 Å². The number of nitrogens with one attached hydrogen (secondary N) is 2. The molecule has 0 aliphatic carbocycles. The first-order valence-corrected chi connectivity index (χ1v) is 7.97. The Morgan fingerprint density at radius 2 is 2.29 bits per heavy atom. The summed E-state index contributed by atoms with van der Waals surface area (Å²) in [6.07, 6.45) is 5.05. The summed E-state index contributed by atoms with van der Waals surface area (Å²) in [7, 11) is 0. The first kappa shape index (κ1) is 15.8. The maximum absolute atomic E-state index is 7.39. The molecule has 116 valence electrons. The van der Waals surface area contributed by atoms with Gasteiger partial charge in [-0.25, -0.2) is 0 Å². The van der Waals surface area contributed by atoms with Crippen molar-refractivity contribution in [3.05, 3.63) is 23.8 Å². The molecule has 0 bridgehead atoms. The third kappa shape index (κ3) is 4.74. The van der Waals surface area contributed by atoms with Gasteiger partial charge in [0.15, 0.2) is 0 Å². The van der Waals surface area contributed by atoms with Gasteiger partial charge in [0.25, 0.3) is 0 Å². The van der Waals surface area contributed by atoms with E-state index in [1.54, 1.807) is 0 Å². The van der Waals surface area contributed by atoms with E-state index in [-0.39, 0.29) is 0 Å². The Kier molecular flexibility index (Phi) is 5.62. The van der Waals surface area contributed by atoms with Crippen molar-refractivity contribution in [2.24, 2.45) is 5.92 Å². The third-order valence-electron chi connectivity index (χ3n) is 4.14.